The predicted octanol–water partition coefficient (Wildman–Crippen LogP) is -0.189. The molecule has 4 nitrogen and oxygen atoms in total. The summed E-state index contributed by atoms with van der Waals surface area (Å²) in [4.78, 5) is 12.9. The number of rotatable bonds is 5. The van der Waals surface area contributed by atoms with E-state index in [4.69, 9.17) is 10.8 Å². The van der Waals surface area contributed by atoms with Crippen molar-refractivity contribution in [2.24, 2.45) is 11.7 Å². The van der Waals surface area contributed by atoms with Crippen LogP contribution in [0.5, 0.6) is 0 Å². The molecule has 0 aromatic heterocycles. The molecule has 0 saturated carbocycles. The predicted molar refractivity (Wildman–Crippen MR) is 52.2 cm³/mol. The minimum atomic E-state index is -0.470. The van der Waals surface area contributed by atoms with Crippen LogP contribution in [0.25, 0.3) is 0 Å². The number of likely N-dealkylation sites (N-methyl/N-ethyl adjacent to an activating group) is 1. The molecule has 4 heteroatoms. The van der Waals surface area contributed by atoms with E-state index in [1.807, 2.05) is 6.92 Å². The molecular formula is C9H20N2O2. The van der Waals surface area contributed by atoms with Crippen LogP contribution < -0.4 is 5.73 Å². The van der Waals surface area contributed by atoms with Gasteiger partial charge >= 0.3 is 0 Å². The molecule has 2 atom stereocenters. The lowest BCUT2D eigenvalue weighted by Crippen LogP contribution is -2.34. The monoisotopic (exact) mass is 188 g/mol. The summed E-state index contributed by atoms with van der Waals surface area (Å²) < 4.78 is 0. The van der Waals surface area contributed by atoms with Crippen LogP contribution in [0.2, 0.25) is 0 Å². The Balaban J connectivity index is 3.82. The molecular weight excluding hydrogens is 168 g/mol. The molecule has 0 aliphatic heterocycles. The molecule has 0 aromatic carbocycles. The molecule has 78 valence electrons. The van der Waals surface area contributed by atoms with Gasteiger partial charge in [-0.05, 0) is 19.4 Å². The number of nitrogens with zero attached hydrogens (tertiary/aromatic N) is 1. The maximum Gasteiger partial charge on any atom is 0.222 e. The molecule has 0 heterocycles. The highest BCUT2D eigenvalue weighted by Gasteiger charge is 2.13. The lowest BCUT2D eigenvalue weighted by Gasteiger charge is -2.20. The number of aliphatic hydroxyl groups excluding tert-OH is 1. The second-order valence-corrected chi connectivity index (χ2v) is 3.67. The summed E-state index contributed by atoms with van der Waals surface area (Å²) in [6, 6.07) is 0. The third kappa shape index (κ3) is 5.60. The lowest BCUT2D eigenvalue weighted by atomic mass is 10.1. The van der Waals surface area contributed by atoms with Gasteiger partial charge in [-0.15, -0.1) is 0 Å². The zero-order valence-corrected chi connectivity index (χ0v) is 8.66. The maximum atomic E-state index is 11.4. The van der Waals surface area contributed by atoms with Crippen LogP contribution in [-0.4, -0.2) is 42.2 Å². The van der Waals surface area contributed by atoms with Crippen LogP contribution >= 0.6 is 0 Å². The van der Waals surface area contributed by atoms with Crippen molar-refractivity contribution in [1.82, 2.24) is 4.90 Å². The van der Waals surface area contributed by atoms with E-state index in [2.05, 4.69) is 0 Å². The minimum absolute atomic E-state index is 0.0406. The van der Waals surface area contributed by atoms with Gasteiger partial charge in [-0.25, -0.2) is 0 Å². The number of carbonyl (C=O) groups excluding carboxylic acids is 1. The molecule has 0 fully saturated rings. The first-order valence-electron chi connectivity index (χ1n) is 4.59. The molecule has 0 aliphatic carbocycles. The number of carbonyl (C=O) groups is 1. The van der Waals surface area contributed by atoms with E-state index >= 15 is 0 Å². The number of nitrogens with two attached hydrogens (primary N) is 1. The smallest absolute Gasteiger partial charge is 0.222 e. The van der Waals surface area contributed by atoms with Crippen LogP contribution in [0.15, 0.2) is 0 Å². The highest BCUT2D eigenvalue weighted by molar-refractivity contribution is 5.76. The maximum absolute atomic E-state index is 11.4. The molecule has 0 spiro atoms. The first kappa shape index (κ1) is 12.4. The van der Waals surface area contributed by atoms with Gasteiger partial charge in [-0.3, -0.25) is 4.79 Å². The Kier molecular flexibility index (Phi) is 5.66. The van der Waals surface area contributed by atoms with Gasteiger partial charge in [0.05, 0.1) is 6.10 Å². The van der Waals surface area contributed by atoms with E-state index in [1.54, 1.807) is 14.0 Å². The molecule has 0 rings (SSSR count). The van der Waals surface area contributed by atoms with E-state index in [9.17, 15) is 4.79 Å². The highest BCUT2D eigenvalue weighted by Crippen LogP contribution is 2.02. The standard InChI is InChI=1S/C9H20N2O2/c1-7(5-10)4-9(13)11(3)6-8(2)12/h7-8,12H,4-6,10H2,1-3H3. The molecule has 1 amide bonds. The summed E-state index contributed by atoms with van der Waals surface area (Å²) in [5, 5.41) is 9.04. The number of hydrogen-bond donors (Lipinski definition) is 2. The van der Waals surface area contributed by atoms with Crippen LogP contribution in [0, 0.1) is 5.92 Å². The molecule has 0 radical (unpaired) electrons. The van der Waals surface area contributed by atoms with Crippen molar-refractivity contribution < 1.29 is 9.90 Å². The van der Waals surface area contributed by atoms with Gasteiger partial charge in [0.2, 0.25) is 5.91 Å². The van der Waals surface area contributed by atoms with Crippen molar-refractivity contribution in [3.05, 3.63) is 0 Å². The van der Waals surface area contributed by atoms with Crippen molar-refractivity contribution in [3.63, 3.8) is 0 Å². The summed E-state index contributed by atoms with van der Waals surface area (Å²) in [5.74, 6) is 0.253. The van der Waals surface area contributed by atoms with Gasteiger partial charge in [0, 0.05) is 20.0 Å². The molecule has 0 aliphatic rings. The Morgan fingerprint density at radius 2 is 2.08 bits per heavy atom. The minimum Gasteiger partial charge on any atom is -0.392 e. The quantitative estimate of drug-likeness (QED) is 0.628. The number of hydrogen-bond acceptors (Lipinski definition) is 3. The highest BCUT2D eigenvalue weighted by atomic mass is 16.3. The Morgan fingerprint density at radius 3 is 2.46 bits per heavy atom. The van der Waals surface area contributed by atoms with Crippen molar-refractivity contribution in [2.75, 3.05) is 20.1 Å². The van der Waals surface area contributed by atoms with Gasteiger partial charge in [-0.1, -0.05) is 6.92 Å². The van der Waals surface area contributed by atoms with Crippen molar-refractivity contribution in [2.45, 2.75) is 26.4 Å². The van der Waals surface area contributed by atoms with Gasteiger partial charge in [-0.2, -0.15) is 0 Å². The summed E-state index contributed by atoms with van der Waals surface area (Å²) >= 11 is 0. The molecule has 0 saturated heterocycles. The van der Waals surface area contributed by atoms with Crippen molar-refractivity contribution in [1.29, 1.82) is 0 Å². The molecule has 13 heavy (non-hydrogen) atoms. The second-order valence-electron chi connectivity index (χ2n) is 3.67. The fraction of sp³-hybridized carbons (Fsp3) is 0.889. The van der Waals surface area contributed by atoms with E-state index in [1.165, 1.54) is 4.90 Å². The van der Waals surface area contributed by atoms with Crippen LogP contribution in [-0.2, 0) is 4.79 Å². The van der Waals surface area contributed by atoms with Crippen molar-refractivity contribution >= 4 is 5.91 Å². The topological polar surface area (TPSA) is 66.6 Å². The summed E-state index contributed by atoms with van der Waals surface area (Å²) in [7, 11) is 1.69. The summed E-state index contributed by atoms with van der Waals surface area (Å²) in [5.41, 5.74) is 5.40. The Labute approximate surface area is 79.7 Å². The normalized spacial score (nSPS) is 15.2. The molecule has 2 unspecified atom stereocenters. The first-order chi connectivity index (χ1) is 5.97. The summed E-state index contributed by atoms with van der Waals surface area (Å²) in [6.07, 6.45) is -0.0122. The molecule has 0 aromatic rings. The second kappa shape index (κ2) is 5.94. The molecule has 0 bridgehead atoms. The third-order valence-corrected chi connectivity index (χ3v) is 1.89. The van der Waals surface area contributed by atoms with Crippen LogP contribution in [0.1, 0.15) is 20.3 Å². The van der Waals surface area contributed by atoms with E-state index < -0.39 is 6.10 Å². The van der Waals surface area contributed by atoms with Gasteiger partial charge in [0.1, 0.15) is 0 Å². The third-order valence-electron chi connectivity index (χ3n) is 1.89. The van der Waals surface area contributed by atoms with Crippen LogP contribution in [0.3, 0.4) is 0 Å². The largest absolute Gasteiger partial charge is 0.392 e. The van der Waals surface area contributed by atoms with E-state index in [-0.39, 0.29) is 11.8 Å². The van der Waals surface area contributed by atoms with E-state index in [0.717, 1.165) is 0 Å². The fourth-order valence-electron chi connectivity index (χ4n) is 1.04. The van der Waals surface area contributed by atoms with E-state index in [0.29, 0.717) is 19.5 Å². The zero-order chi connectivity index (χ0) is 10.4. The number of amides is 1. The summed E-state index contributed by atoms with van der Waals surface area (Å²) in [6.45, 7) is 4.51. The van der Waals surface area contributed by atoms with Crippen LogP contribution in [0.4, 0.5) is 0 Å². The molecule has 3 N–H and O–H groups in total. The first-order valence-corrected chi connectivity index (χ1v) is 4.59. The van der Waals surface area contributed by atoms with Crippen molar-refractivity contribution in [3.8, 4) is 0 Å². The fourth-order valence-corrected chi connectivity index (χ4v) is 1.04. The average Bonchev–Trinajstić information content (AvgIpc) is 2.02. The van der Waals surface area contributed by atoms with Gasteiger partial charge < -0.3 is 15.7 Å². The van der Waals surface area contributed by atoms with Gasteiger partial charge in [0.15, 0.2) is 0 Å². The Morgan fingerprint density at radius 1 is 1.54 bits per heavy atom. The zero-order valence-electron chi connectivity index (χ0n) is 8.66. The number of aliphatic hydroxyl groups is 1. The lowest BCUT2D eigenvalue weighted by molar-refractivity contribution is -0.131. The Hall–Kier alpha value is -0.610. The average molecular weight is 188 g/mol. The SMILES string of the molecule is CC(O)CN(C)C(=O)CC(C)CN. The van der Waals surface area contributed by atoms with Gasteiger partial charge in [0.25, 0.3) is 0 Å². The Bertz CT molecular complexity index is 160.